The molecule has 0 spiro atoms. The first-order valence-corrected chi connectivity index (χ1v) is 8.23. The molecule has 0 aromatic heterocycles. The lowest BCUT2D eigenvalue weighted by Gasteiger charge is -2.17. The van der Waals surface area contributed by atoms with Gasteiger partial charge in [0.05, 0.1) is 12.4 Å². The van der Waals surface area contributed by atoms with Crippen molar-refractivity contribution in [1.29, 1.82) is 0 Å². The third-order valence-corrected chi connectivity index (χ3v) is 4.32. The van der Waals surface area contributed by atoms with E-state index in [0.717, 1.165) is 5.56 Å². The third kappa shape index (κ3) is 6.71. The van der Waals surface area contributed by atoms with Crippen molar-refractivity contribution >= 4 is 10.0 Å². The molecule has 108 valence electrons. The van der Waals surface area contributed by atoms with Crippen LogP contribution in [0.15, 0.2) is 30.3 Å². The second-order valence-electron chi connectivity index (χ2n) is 5.19. The Kier molecular flexibility index (Phi) is 6.48. The van der Waals surface area contributed by atoms with Crippen molar-refractivity contribution < 1.29 is 13.5 Å². The molecule has 2 N–H and O–H groups in total. The van der Waals surface area contributed by atoms with Crippen molar-refractivity contribution in [2.75, 3.05) is 12.4 Å². The number of aliphatic hydroxyl groups excluding tert-OH is 1. The van der Waals surface area contributed by atoms with Gasteiger partial charge in [0.25, 0.3) is 0 Å². The molecule has 0 unspecified atom stereocenters. The summed E-state index contributed by atoms with van der Waals surface area (Å²) in [6.45, 7) is 3.78. The summed E-state index contributed by atoms with van der Waals surface area (Å²) in [5.41, 5.74) is 1.01. The molecular formula is C14H23NO3S. The quantitative estimate of drug-likeness (QED) is 0.761. The van der Waals surface area contributed by atoms with Gasteiger partial charge in [-0.1, -0.05) is 44.2 Å². The molecule has 1 atom stereocenters. The van der Waals surface area contributed by atoms with Crippen molar-refractivity contribution in [1.82, 2.24) is 4.72 Å². The molecule has 0 saturated heterocycles. The van der Waals surface area contributed by atoms with Crippen molar-refractivity contribution in [2.24, 2.45) is 5.92 Å². The second kappa shape index (κ2) is 7.62. The van der Waals surface area contributed by atoms with Crippen LogP contribution in [-0.2, 0) is 16.4 Å². The fourth-order valence-corrected chi connectivity index (χ4v) is 3.31. The van der Waals surface area contributed by atoms with E-state index >= 15 is 0 Å². The molecule has 0 heterocycles. The molecule has 0 aliphatic carbocycles. The van der Waals surface area contributed by atoms with E-state index in [1.54, 1.807) is 0 Å². The number of hydrogen-bond acceptors (Lipinski definition) is 3. The predicted octanol–water partition coefficient (Wildman–Crippen LogP) is 1.56. The number of rotatable bonds is 8. The lowest BCUT2D eigenvalue weighted by Crippen LogP contribution is -2.40. The molecule has 4 nitrogen and oxygen atoms in total. The Balaban J connectivity index is 2.56. The molecule has 5 heteroatoms. The summed E-state index contributed by atoms with van der Waals surface area (Å²) in [6, 6.07) is 9.09. The fourth-order valence-electron chi connectivity index (χ4n) is 1.75. The normalized spacial score (nSPS) is 13.7. The van der Waals surface area contributed by atoms with Gasteiger partial charge in [0.1, 0.15) is 0 Å². The van der Waals surface area contributed by atoms with E-state index in [-0.39, 0.29) is 12.4 Å². The Hall–Kier alpha value is -0.910. The summed E-state index contributed by atoms with van der Waals surface area (Å²) < 4.78 is 26.3. The van der Waals surface area contributed by atoms with Crippen LogP contribution < -0.4 is 4.72 Å². The van der Waals surface area contributed by atoms with Crippen LogP contribution in [0.2, 0.25) is 0 Å². The summed E-state index contributed by atoms with van der Waals surface area (Å²) in [7, 11) is -3.32. The minimum absolute atomic E-state index is 0.107. The highest BCUT2D eigenvalue weighted by atomic mass is 32.2. The highest BCUT2D eigenvalue weighted by Crippen LogP contribution is 2.06. The maximum absolute atomic E-state index is 11.9. The molecule has 0 fully saturated rings. The van der Waals surface area contributed by atoms with Gasteiger partial charge in [-0.05, 0) is 24.3 Å². The number of sulfonamides is 1. The van der Waals surface area contributed by atoms with Crippen molar-refractivity contribution in [2.45, 2.75) is 32.7 Å². The van der Waals surface area contributed by atoms with Gasteiger partial charge in [0.2, 0.25) is 10.0 Å². The smallest absolute Gasteiger partial charge is 0.211 e. The van der Waals surface area contributed by atoms with E-state index in [4.69, 9.17) is 0 Å². The van der Waals surface area contributed by atoms with Gasteiger partial charge in [-0.15, -0.1) is 0 Å². The average molecular weight is 285 g/mol. The van der Waals surface area contributed by atoms with E-state index in [9.17, 15) is 13.5 Å². The van der Waals surface area contributed by atoms with Crippen molar-refractivity contribution in [3.63, 3.8) is 0 Å². The lowest BCUT2D eigenvalue weighted by molar-refractivity contribution is 0.256. The molecule has 0 aliphatic heterocycles. The molecule has 19 heavy (non-hydrogen) atoms. The van der Waals surface area contributed by atoms with Crippen LogP contribution in [-0.4, -0.2) is 31.9 Å². The predicted molar refractivity (Wildman–Crippen MR) is 77.4 cm³/mol. The first-order valence-electron chi connectivity index (χ1n) is 6.57. The van der Waals surface area contributed by atoms with E-state index < -0.39 is 16.1 Å². The molecular weight excluding hydrogens is 262 g/mol. The van der Waals surface area contributed by atoms with E-state index in [2.05, 4.69) is 4.72 Å². The van der Waals surface area contributed by atoms with Crippen molar-refractivity contribution in [3.05, 3.63) is 35.9 Å². The Morgan fingerprint density at radius 1 is 1.21 bits per heavy atom. The SMILES string of the molecule is CC(C)CCS(=O)(=O)N[C@@H](CO)Cc1ccccc1. The van der Waals surface area contributed by atoms with Gasteiger partial charge >= 0.3 is 0 Å². The second-order valence-corrected chi connectivity index (χ2v) is 7.06. The monoisotopic (exact) mass is 285 g/mol. The van der Waals surface area contributed by atoms with Gasteiger partial charge in [-0.2, -0.15) is 0 Å². The van der Waals surface area contributed by atoms with Crippen LogP contribution in [0, 0.1) is 5.92 Å². The number of aliphatic hydroxyl groups is 1. The zero-order chi connectivity index (χ0) is 14.3. The van der Waals surface area contributed by atoms with Crippen LogP contribution in [0.25, 0.3) is 0 Å². The third-order valence-electron chi connectivity index (χ3n) is 2.86. The van der Waals surface area contributed by atoms with Crippen LogP contribution in [0.1, 0.15) is 25.8 Å². The van der Waals surface area contributed by atoms with E-state index in [1.165, 1.54) is 0 Å². The molecule has 0 radical (unpaired) electrons. The molecule has 1 aromatic rings. The van der Waals surface area contributed by atoms with Crippen LogP contribution in [0.4, 0.5) is 0 Å². The van der Waals surface area contributed by atoms with Crippen molar-refractivity contribution in [3.8, 4) is 0 Å². The average Bonchev–Trinajstić information content (AvgIpc) is 2.37. The molecule has 1 aromatic carbocycles. The lowest BCUT2D eigenvalue weighted by atomic mass is 10.1. The van der Waals surface area contributed by atoms with E-state index in [0.29, 0.717) is 18.8 Å². The maximum Gasteiger partial charge on any atom is 0.211 e. The van der Waals surface area contributed by atoms with E-state index in [1.807, 2.05) is 44.2 Å². The first kappa shape index (κ1) is 16.1. The number of benzene rings is 1. The summed E-state index contributed by atoms with van der Waals surface area (Å²) in [5.74, 6) is 0.453. The molecule has 0 saturated carbocycles. The van der Waals surface area contributed by atoms with Gasteiger partial charge in [-0.3, -0.25) is 0 Å². The van der Waals surface area contributed by atoms with Gasteiger partial charge in [0, 0.05) is 6.04 Å². The largest absolute Gasteiger partial charge is 0.395 e. The summed E-state index contributed by atoms with van der Waals surface area (Å²) in [6.07, 6.45) is 1.12. The Morgan fingerprint density at radius 2 is 1.84 bits per heavy atom. The van der Waals surface area contributed by atoms with Crippen LogP contribution in [0.3, 0.4) is 0 Å². The molecule has 1 rings (SSSR count). The fraction of sp³-hybridized carbons (Fsp3) is 0.571. The minimum Gasteiger partial charge on any atom is -0.395 e. The minimum atomic E-state index is -3.32. The van der Waals surface area contributed by atoms with Gasteiger partial charge in [-0.25, -0.2) is 13.1 Å². The summed E-state index contributed by atoms with van der Waals surface area (Å²) in [5, 5.41) is 9.30. The Labute approximate surface area is 115 Å². The topological polar surface area (TPSA) is 66.4 Å². The summed E-state index contributed by atoms with van der Waals surface area (Å²) >= 11 is 0. The molecule has 0 aliphatic rings. The first-order chi connectivity index (χ1) is 8.93. The number of hydrogen-bond donors (Lipinski definition) is 2. The highest BCUT2D eigenvalue weighted by molar-refractivity contribution is 7.89. The highest BCUT2D eigenvalue weighted by Gasteiger charge is 2.17. The molecule has 0 amide bonds. The number of nitrogens with one attached hydrogen (secondary N) is 1. The zero-order valence-corrected chi connectivity index (χ0v) is 12.4. The molecule has 0 bridgehead atoms. The summed E-state index contributed by atoms with van der Waals surface area (Å²) in [4.78, 5) is 0. The van der Waals surface area contributed by atoms with Gasteiger partial charge in [0.15, 0.2) is 0 Å². The zero-order valence-electron chi connectivity index (χ0n) is 11.5. The standard InChI is InChI=1S/C14H23NO3S/c1-12(2)8-9-19(17,18)15-14(11-16)10-13-6-4-3-5-7-13/h3-7,12,14-16H,8-11H2,1-2H3/t14-/m1/s1. The maximum atomic E-state index is 11.9. The Morgan fingerprint density at radius 3 is 2.37 bits per heavy atom. The van der Waals surface area contributed by atoms with Crippen LogP contribution >= 0.6 is 0 Å². The van der Waals surface area contributed by atoms with Gasteiger partial charge < -0.3 is 5.11 Å². The van der Waals surface area contributed by atoms with Crippen LogP contribution in [0.5, 0.6) is 0 Å². The Bertz CT molecular complexity index is 457.